The zero-order valence-electron chi connectivity index (χ0n) is 15.1. The van der Waals surface area contributed by atoms with Crippen molar-refractivity contribution in [2.75, 3.05) is 19.8 Å². The summed E-state index contributed by atoms with van der Waals surface area (Å²) in [5.74, 6) is 0.738. The van der Waals surface area contributed by atoms with Crippen molar-refractivity contribution in [1.29, 1.82) is 0 Å². The number of hydrogen-bond donors (Lipinski definition) is 0. The van der Waals surface area contributed by atoms with Crippen molar-refractivity contribution in [2.24, 2.45) is 4.99 Å². The van der Waals surface area contributed by atoms with E-state index in [0.717, 1.165) is 10.5 Å². The third kappa shape index (κ3) is 3.90. The number of nitrogens with zero attached hydrogens (tertiary/aromatic N) is 4. The van der Waals surface area contributed by atoms with Crippen molar-refractivity contribution in [3.8, 4) is 0 Å². The number of allylic oxidation sites excluding steroid dienone is 1. The Balaban J connectivity index is 2.00. The lowest BCUT2D eigenvalue weighted by Crippen LogP contribution is -2.61. The van der Waals surface area contributed by atoms with E-state index in [0.29, 0.717) is 33.4 Å². The lowest BCUT2D eigenvalue weighted by molar-refractivity contribution is -0.548. The second-order valence-corrected chi connectivity index (χ2v) is 8.21. The van der Waals surface area contributed by atoms with Crippen LogP contribution in [0.15, 0.2) is 40.4 Å². The van der Waals surface area contributed by atoms with Gasteiger partial charge in [0, 0.05) is 35.5 Å². The van der Waals surface area contributed by atoms with Gasteiger partial charge in [-0.3, -0.25) is 14.6 Å². The van der Waals surface area contributed by atoms with E-state index >= 15 is 0 Å². The third-order valence-corrected chi connectivity index (χ3v) is 5.81. The van der Waals surface area contributed by atoms with Crippen molar-refractivity contribution in [3.05, 3.63) is 46.0 Å². The molecule has 0 aliphatic carbocycles. The summed E-state index contributed by atoms with van der Waals surface area (Å²) >= 11 is 13.7. The maximum Gasteiger partial charge on any atom is 0.358 e. The molecule has 142 valence electrons. The van der Waals surface area contributed by atoms with E-state index in [1.807, 2.05) is 34.9 Å². The molecule has 1 saturated heterocycles. The van der Waals surface area contributed by atoms with Crippen molar-refractivity contribution in [1.82, 2.24) is 9.80 Å². The Hall–Kier alpha value is -1.83. The summed E-state index contributed by atoms with van der Waals surface area (Å²) in [6.45, 7) is 2.21. The number of benzene rings is 1. The number of carbonyl (C=O) groups excluding carboxylic acids is 2. The number of carbonyl (C=O) groups is 2. The lowest BCUT2D eigenvalue weighted by atomic mass is 10.1. The van der Waals surface area contributed by atoms with Crippen LogP contribution in [0, 0.1) is 0 Å². The van der Waals surface area contributed by atoms with Gasteiger partial charge < -0.3 is 0 Å². The fourth-order valence-corrected chi connectivity index (χ4v) is 4.23. The Morgan fingerprint density at radius 2 is 2.00 bits per heavy atom. The highest BCUT2D eigenvalue weighted by Crippen LogP contribution is 2.26. The third-order valence-electron chi connectivity index (χ3n) is 4.37. The number of likely N-dealkylation sites (N-methyl/N-ethyl adjacent to an activating group) is 2. The average Bonchev–Trinajstić information content (AvgIpc) is 2.98. The Bertz CT molecular complexity index is 893. The summed E-state index contributed by atoms with van der Waals surface area (Å²) in [4.78, 5) is 32.3. The number of urea groups is 1. The van der Waals surface area contributed by atoms with Crippen LogP contribution in [0.2, 0.25) is 5.02 Å². The van der Waals surface area contributed by atoms with E-state index in [-0.39, 0.29) is 5.91 Å². The van der Waals surface area contributed by atoms with Crippen molar-refractivity contribution >= 4 is 57.9 Å². The largest absolute Gasteiger partial charge is 0.358 e. The fraction of sp³-hybridized carbons (Fsp3) is 0.333. The zero-order valence-corrected chi connectivity index (χ0v) is 17.5. The number of amidine groups is 2. The standard InChI is InChI=1S/C18H19Cl2N4O2S/c1-11(19)8-9-27-17-21-15-14(16(25)23(3)18(26)22(15)2)24(17)10-12-6-4-5-7-13(12)20/h4-8,14H,9-10H2,1-3H3/q+1/b11-8+. The van der Waals surface area contributed by atoms with Crippen LogP contribution in [-0.2, 0) is 11.3 Å². The first-order chi connectivity index (χ1) is 12.8. The molecule has 3 rings (SSSR count). The van der Waals surface area contributed by atoms with Gasteiger partial charge in [0.15, 0.2) is 0 Å². The highest BCUT2D eigenvalue weighted by molar-refractivity contribution is 8.13. The average molecular weight is 426 g/mol. The van der Waals surface area contributed by atoms with Gasteiger partial charge >= 0.3 is 11.2 Å². The van der Waals surface area contributed by atoms with E-state index in [1.54, 1.807) is 14.0 Å². The Labute approximate surface area is 172 Å². The second-order valence-electron chi connectivity index (χ2n) is 6.22. The van der Waals surface area contributed by atoms with Crippen LogP contribution < -0.4 is 0 Å². The molecule has 1 unspecified atom stereocenters. The summed E-state index contributed by atoms with van der Waals surface area (Å²) in [5.41, 5.74) is 0.882. The smallest absolute Gasteiger partial charge is 0.269 e. The van der Waals surface area contributed by atoms with E-state index in [1.165, 1.54) is 23.7 Å². The number of thioether (sulfide) groups is 1. The van der Waals surface area contributed by atoms with Gasteiger partial charge in [-0.25, -0.2) is 9.37 Å². The summed E-state index contributed by atoms with van der Waals surface area (Å²) in [7, 11) is 3.11. The molecule has 1 fully saturated rings. The molecular formula is C18H19Cl2N4O2S+. The summed E-state index contributed by atoms with van der Waals surface area (Å²) in [6, 6.07) is 6.43. The normalized spacial score (nSPS) is 20.4. The molecule has 27 heavy (non-hydrogen) atoms. The monoisotopic (exact) mass is 425 g/mol. The van der Waals surface area contributed by atoms with E-state index in [9.17, 15) is 9.59 Å². The van der Waals surface area contributed by atoms with Crippen LogP contribution in [0.1, 0.15) is 12.5 Å². The minimum absolute atomic E-state index is 0.302. The molecule has 2 aliphatic heterocycles. The molecule has 3 amide bonds. The van der Waals surface area contributed by atoms with Crippen molar-refractivity contribution < 1.29 is 14.2 Å². The highest BCUT2D eigenvalue weighted by atomic mass is 35.5. The molecule has 2 heterocycles. The van der Waals surface area contributed by atoms with Gasteiger partial charge in [-0.2, -0.15) is 0 Å². The van der Waals surface area contributed by atoms with Crippen LogP contribution >= 0.6 is 35.0 Å². The minimum Gasteiger partial charge on any atom is -0.269 e. The fourth-order valence-electron chi connectivity index (χ4n) is 2.89. The van der Waals surface area contributed by atoms with E-state index < -0.39 is 12.1 Å². The predicted octanol–water partition coefficient (Wildman–Crippen LogP) is 3.39. The Morgan fingerprint density at radius 1 is 1.30 bits per heavy atom. The molecule has 0 saturated carbocycles. The van der Waals surface area contributed by atoms with Gasteiger partial charge in [-0.1, -0.05) is 47.5 Å². The Morgan fingerprint density at radius 3 is 2.67 bits per heavy atom. The molecule has 1 aromatic carbocycles. The van der Waals surface area contributed by atoms with Crippen molar-refractivity contribution in [2.45, 2.75) is 19.5 Å². The second kappa shape index (κ2) is 8.04. The number of rotatable bonds is 4. The van der Waals surface area contributed by atoms with Crippen LogP contribution in [-0.4, -0.2) is 63.2 Å². The molecule has 0 bridgehead atoms. The number of imide groups is 1. The maximum absolute atomic E-state index is 12.8. The Kier molecular flexibility index (Phi) is 5.93. The van der Waals surface area contributed by atoms with Crippen LogP contribution in [0.3, 0.4) is 0 Å². The van der Waals surface area contributed by atoms with Crippen LogP contribution in [0.5, 0.6) is 0 Å². The van der Waals surface area contributed by atoms with Crippen LogP contribution in [0.4, 0.5) is 4.79 Å². The molecule has 6 nitrogen and oxygen atoms in total. The SMILES string of the molecule is C/C(Cl)=C\CSC1=[N+](Cc2ccccc2Cl)C2C(=O)N(C)C(=O)N(C)C2=N1. The molecular weight excluding hydrogens is 407 g/mol. The number of halogens is 2. The van der Waals surface area contributed by atoms with Gasteiger partial charge in [0.1, 0.15) is 6.54 Å². The van der Waals surface area contributed by atoms with E-state index in [4.69, 9.17) is 23.2 Å². The summed E-state index contributed by atoms with van der Waals surface area (Å²) in [5, 5.41) is 1.96. The molecule has 9 heteroatoms. The number of hydrogen-bond acceptors (Lipinski definition) is 4. The van der Waals surface area contributed by atoms with Crippen molar-refractivity contribution in [3.63, 3.8) is 0 Å². The molecule has 0 aromatic heterocycles. The molecule has 0 N–H and O–H groups in total. The quantitative estimate of drug-likeness (QED) is 0.694. The molecule has 0 spiro atoms. The number of fused-ring (bicyclic) bond motifs is 1. The van der Waals surface area contributed by atoms with Crippen LogP contribution in [0.25, 0.3) is 0 Å². The summed E-state index contributed by atoms with van der Waals surface area (Å²) < 4.78 is 1.89. The molecule has 2 aliphatic rings. The minimum atomic E-state index is -0.655. The molecule has 1 aromatic rings. The first-order valence-corrected chi connectivity index (χ1v) is 10.0. The zero-order chi connectivity index (χ0) is 19.7. The topological polar surface area (TPSA) is 56.0 Å². The lowest BCUT2D eigenvalue weighted by Gasteiger charge is -2.30. The maximum atomic E-state index is 12.8. The number of amides is 3. The first-order valence-electron chi connectivity index (χ1n) is 8.27. The summed E-state index contributed by atoms with van der Waals surface area (Å²) in [6.07, 6.45) is 1.87. The van der Waals surface area contributed by atoms with E-state index in [2.05, 4.69) is 4.99 Å². The van der Waals surface area contributed by atoms with Gasteiger partial charge in [0.2, 0.25) is 0 Å². The van der Waals surface area contributed by atoms with Gasteiger partial charge in [-0.05, 0) is 29.7 Å². The first kappa shape index (κ1) is 19.9. The molecule has 0 radical (unpaired) electrons. The molecule has 1 atom stereocenters. The predicted molar refractivity (Wildman–Crippen MR) is 110 cm³/mol. The number of aliphatic imine (C=N–C) groups is 1. The van der Waals surface area contributed by atoms with Gasteiger partial charge in [0.05, 0.1) is 0 Å². The van der Waals surface area contributed by atoms with Gasteiger partial charge in [-0.15, -0.1) is 0 Å². The highest BCUT2D eigenvalue weighted by Gasteiger charge is 2.53. The van der Waals surface area contributed by atoms with Gasteiger partial charge in [0.25, 0.3) is 17.8 Å².